The van der Waals surface area contributed by atoms with E-state index in [2.05, 4.69) is 181 Å². The van der Waals surface area contributed by atoms with Gasteiger partial charge in [-0.15, -0.1) is 0 Å². The fourth-order valence-electron chi connectivity index (χ4n) is 7.53. The molecule has 0 saturated heterocycles. The van der Waals surface area contributed by atoms with Crippen molar-refractivity contribution in [3.05, 3.63) is 182 Å². The van der Waals surface area contributed by atoms with Crippen LogP contribution in [0.2, 0.25) is 0 Å². The van der Waals surface area contributed by atoms with Crippen LogP contribution in [0.3, 0.4) is 0 Å². The van der Waals surface area contributed by atoms with Crippen molar-refractivity contribution in [1.29, 1.82) is 0 Å². The Labute approximate surface area is 289 Å². The Balaban J connectivity index is 1.12. The molecular weight excluding hydrogens is 609 g/mol. The van der Waals surface area contributed by atoms with Gasteiger partial charge in [0.25, 0.3) is 0 Å². The van der Waals surface area contributed by atoms with E-state index in [0.717, 1.165) is 55.3 Å². The topological polar surface area (TPSA) is 29.3 Å². The third-order valence-corrected chi connectivity index (χ3v) is 9.87. The van der Waals surface area contributed by atoms with E-state index in [1.807, 2.05) is 6.07 Å². The molecule has 0 aliphatic carbocycles. The average molecular weight is 639 g/mol. The standard InChI is InChI=1S/C47H30N2O/c1-2-14-34(15-3-1)49(35-25-22-32(23-26-35)43-30-33-13-5-6-16-36(33)38-18-8-9-19-39(38)43)44-28-27-42(40-20-10-11-21-41(40)44)47-48-46-37-17-7-4-12-31(37)24-29-45(46)50-47/h1-30H. The van der Waals surface area contributed by atoms with Gasteiger partial charge in [0.15, 0.2) is 5.58 Å². The van der Waals surface area contributed by atoms with Crippen LogP contribution in [-0.4, -0.2) is 4.98 Å². The van der Waals surface area contributed by atoms with Crippen molar-refractivity contribution in [1.82, 2.24) is 4.98 Å². The highest BCUT2D eigenvalue weighted by molar-refractivity contribution is 6.14. The van der Waals surface area contributed by atoms with Gasteiger partial charge in [-0.2, -0.15) is 0 Å². The molecule has 1 aromatic heterocycles. The molecule has 1 heterocycles. The molecule has 3 heteroatoms. The quantitative estimate of drug-likeness (QED) is 0.176. The lowest BCUT2D eigenvalue weighted by atomic mass is 9.93. The summed E-state index contributed by atoms with van der Waals surface area (Å²) in [5, 5.41) is 9.50. The molecule has 0 fully saturated rings. The maximum absolute atomic E-state index is 6.43. The van der Waals surface area contributed by atoms with Crippen molar-refractivity contribution in [3.63, 3.8) is 0 Å². The molecule has 9 aromatic carbocycles. The number of benzene rings is 9. The van der Waals surface area contributed by atoms with Crippen LogP contribution in [-0.2, 0) is 0 Å². The number of hydrogen-bond donors (Lipinski definition) is 0. The van der Waals surface area contributed by atoms with Crippen LogP contribution in [0.4, 0.5) is 17.1 Å². The van der Waals surface area contributed by atoms with Crippen molar-refractivity contribution in [2.24, 2.45) is 0 Å². The third kappa shape index (κ3) is 4.56. The van der Waals surface area contributed by atoms with Gasteiger partial charge in [-0.1, -0.05) is 133 Å². The minimum absolute atomic E-state index is 0.623. The number of fused-ring (bicyclic) bond motifs is 7. The smallest absolute Gasteiger partial charge is 0.227 e. The van der Waals surface area contributed by atoms with Crippen molar-refractivity contribution in [3.8, 4) is 22.6 Å². The minimum atomic E-state index is 0.623. The monoisotopic (exact) mass is 638 g/mol. The molecule has 10 rings (SSSR count). The highest BCUT2D eigenvalue weighted by Crippen LogP contribution is 2.43. The first-order chi connectivity index (χ1) is 24.8. The van der Waals surface area contributed by atoms with E-state index in [4.69, 9.17) is 9.40 Å². The second kappa shape index (κ2) is 11.5. The summed E-state index contributed by atoms with van der Waals surface area (Å²) < 4.78 is 6.43. The summed E-state index contributed by atoms with van der Waals surface area (Å²) in [6, 6.07) is 64.6. The van der Waals surface area contributed by atoms with Crippen LogP contribution in [0.25, 0.3) is 76.8 Å². The number of rotatable bonds is 5. The maximum atomic E-state index is 6.43. The molecule has 3 nitrogen and oxygen atoms in total. The van der Waals surface area contributed by atoms with Gasteiger partial charge in [0, 0.05) is 27.7 Å². The molecule has 0 aliphatic heterocycles. The highest BCUT2D eigenvalue weighted by atomic mass is 16.3. The second-order valence-electron chi connectivity index (χ2n) is 12.7. The SMILES string of the molecule is c1ccc(N(c2ccc(-c3cc4ccccc4c4ccccc34)cc2)c2ccc(-c3nc4c(ccc5ccccc54)o3)c3ccccc23)cc1. The van der Waals surface area contributed by atoms with Gasteiger partial charge < -0.3 is 9.32 Å². The van der Waals surface area contributed by atoms with Gasteiger partial charge in [0.05, 0.1) is 5.69 Å². The molecule has 0 unspecified atom stereocenters. The molecule has 0 amide bonds. The summed E-state index contributed by atoms with van der Waals surface area (Å²) in [5.41, 5.74) is 8.31. The Kier molecular flexibility index (Phi) is 6.49. The van der Waals surface area contributed by atoms with Crippen LogP contribution >= 0.6 is 0 Å². The number of aromatic nitrogens is 1. The zero-order valence-electron chi connectivity index (χ0n) is 27.1. The normalized spacial score (nSPS) is 11.6. The van der Waals surface area contributed by atoms with Crippen molar-refractivity contribution < 1.29 is 4.42 Å². The van der Waals surface area contributed by atoms with Crippen molar-refractivity contribution >= 4 is 71.3 Å². The average Bonchev–Trinajstić information content (AvgIpc) is 3.63. The van der Waals surface area contributed by atoms with Gasteiger partial charge in [0.1, 0.15) is 5.52 Å². The van der Waals surface area contributed by atoms with Gasteiger partial charge in [-0.25, -0.2) is 4.98 Å². The largest absolute Gasteiger partial charge is 0.436 e. The van der Waals surface area contributed by atoms with E-state index in [9.17, 15) is 0 Å². The highest BCUT2D eigenvalue weighted by Gasteiger charge is 2.20. The molecule has 0 aliphatic rings. The Hall–Kier alpha value is -6.71. The Morgan fingerprint density at radius 2 is 1.00 bits per heavy atom. The molecule has 10 aromatic rings. The Bertz CT molecular complexity index is 2870. The van der Waals surface area contributed by atoms with Crippen LogP contribution in [0, 0.1) is 0 Å². The van der Waals surface area contributed by atoms with Crippen molar-refractivity contribution in [2.45, 2.75) is 0 Å². The van der Waals surface area contributed by atoms with Gasteiger partial charge >= 0.3 is 0 Å². The van der Waals surface area contributed by atoms with E-state index in [-0.39, 0.29) is 0 Å². The lowest BCUT2D eigenvalue weighted by Crippen LogP contribution is -2.10. The van der Waals surface area contributed by atoms with Crippen LogP contribution in [0.1, 0.15) is 0 Å². The molecule has 0 saturated carbocycles. The molecule has 0 radical (unpaired) electrons. The van der Waals surface area contributed by atoms with E-state index in [0.29, 0.717) is 5.89 Å². The van der Waals surface area contributed by atoms with Gasteiger partial charge in [-0.05, 0) is 92.0 Å². The number of oxazole rings is 1. The summed E-state index contributed by atoms with van der Waals surface area (Å²) in [6.45, 7) is 0. The predicted octanol–water partition coefficient (Wildman–Crippen LogP) is 13.2. The molecule has 0 atom stereocenters. The molecular formula is C47H30N2O. The summed E-state index contributed by atoms with van der Waals surface area (Å²) in [6.07, 6.45) is 0. The van der Waals surface area contributed by atoms with E-state index < -0.39 is 0 Å². The van der Waals surface area contributed by atoms with Gasteiger partial charge in [-0.3, -0.25) is 0 Å². The fourth-order valence-corrected chi connectivity index (χ4v) is 7.53. The van der Waals surface area contributed by atoms with Crippen LogP contribution in [0.5, 0.6) is 0 Å². The lowest BCUT2D eigenvalue weighted by molar-refractivity contribution is 0.620. The molecule has 0 N–H and O–H groups in total. The first kappa shape index (κ1) is 28.3. The summed E-state index contributed by atoms with van der Waals surface area (Å²) >= 11 is 0. The molecule has 0 spiro atoms. The maximum Gasteiger partial charge on any atom is 0.227 e. The zero-order chi connectivity index (χ0) is 33.0. The summed E-state index contributed by atoms with van der Waals surface area (Å²) in [4.78, 5) is 7.39. The Morgan fingerprint density at radius 1 is 0.400 bits per heavy atom. The minimum Gasteiger partial charge on any atom is -0.436 e. The van der Waals surface area contributed by atoms with E-state index in [1.165, 1.54) is 32.7 Å². The molecule has 50 heavy (non-hydrogen) atoms. The van der Waals surface area contributed by atoms with Crippen molar-refractivity contribution in [2.75, 3.05) is 4.90 Å². The van der Waals surface area contributed by atoms with E-state index >= 15 is 0 Å². The predicted molar refractivity (Wildman–Crippen MR) is 210 cm³/mol. The van der Waals surface area contributed by atoms with Crippen LogP contribution in [0.15, 0.2) is 186 Å². The first-order valence-corrected chi connectivity index (χ1v) is 17.0. The number of anilines is 3. The first-order valence-electron chi connectivity index (χ1n) is 17.0. The number of para-hydroxylation sites is 1. The number of hydrogen-bond acceptors (Lipinski definition) is 3. The second-order valence-corrected chi connectivity index (χ2v) is 12.7. The molecule has 0 bridgehead atoms. The van der Waals surface area contributed by atoms with Crippen LogP contribution < -0.4 is 4.90 Å². The summed E-state index contributed by atoms with van der Waals surface area (Å²) in [5.74, 6) is 0.623. The number of nitrogens with zero attached hydrogens (tertiary/aromatic N) is 2. The third-order valence-electron chi connectivity index (χ3n) is 9.87. The Morgan fingerprint density at radius 3 is 1.78 bits per heavy atom. The fraction of sp³-hybridized carbons (Fsp3) is 0. The van der Waals surface area contributed by atoms with Gasteiger partial charge in [0.2, 0.25) is 5.89 Å². The summed E-state index contributed by atoms with van der Waals surface area (Å²) in [7, 11) is 0. The van der Waals surface area contributed by atoms with E-state index in [1.54, 1.807) is 0 Å². The zero-order valence-corrected chi connectivity index (χ0v) is 27.1. The lowest BCUT2D eigenvalue weighted by Gasteiger charge is -2.27. The molecule has 234 valence electrons.